The van der Waals surface area contributed by atoms with Crippen molar-refractivity contribution in [1.82, 2.24) is 9.78 Å². The molecular formula is C36H27F2N3O3S. The fourth-order valence-corrected chi connectivity index (χ4v) is 7.08. The zero-order valence-electron chi connectivity index (χ0n) is 24.4. The van der Waals surface area contributed by atoms with Gasteiger partial charge in [-0.3, -0.25) is 0 Å². The first kappa shape index (κ1) is 29.7. The van der Waals surface area contributed by atoms with E-state index in [1.165, 1.54) is 6.07 Å². The molecule has 1 heterocycles. The van der Waals surface area contributed by atoms with Crippen molar-refractivity contribution in [2.45, 2.75) is 24.0 Å². The van der Waals surface area contributed by atoms with Gasteiger partial charge in [-0.25, -0.2) is 13.1 Å². The number of sulfone groups is 1. The van der Waals surface area contributed by atoms with E-state index in [1.54, 1.807) is 35.9 Å². The summed E-state index contributed by atoms with van der Waals surface area (Å²) in [4.78, 5) is 0.132. The van der Waals surface area contributed by atoms with E-state index >= 15 is 0 Å². The number of alkyl halides is 2. The van der Waals surface area contributed by atoms with Crippen molar-refractivity contribution in [3.8, 4) is 23.1 Å². The summed E-state index contributed by atoms with van der Waals surface area (Å²) in [6.07, 6.45) is 1.12. The lowest BCUT2D eigenvalue weighted by atomic mass is 9.77. The van der Waals surface area contributed by atoms with Gasteiger partial charge < -0.3 is 4.74 Å². The molecule has 0 atom stereocenters. The van der Waals surface area contributed by atoms with Gasteiger partial charge in [-0.1, -0.05) is 103 Å². The lowest BCUT2D eigenvalue weighted by molar-refractivity contribution is -0.0523. The number of halogens is 2. The Morgan fingerprint density at radius 3 is 1.80 bits per heavy atom. The minimum Gasteiger partial charge on any atom is -0.415 e. The highest BCUT2D eigenvalue weighted by Crippen LogP contribution is 2.46. The quantitative estimate of drug-likeness (QED) is 0.163. The molecule has 1 aromatic heterocycles. The lowest BCUT2D eigenvalue weighted by Crippen LogP contribution is -2.38. The molecule has 9 heteroatoms. The first-order chi connectivity index (χ1) is 21.7. The van der Waals surface area contributed by atoms with E-state index in [4.69, 9.17) is 9.84 Å². The van der Waals surface area contributed by atoms with E-state index in [-0.39, 0.29) is 21.7 Å². The lowest BCUT2D eigenvalue weighted by Gasteiger charge is -2.37. The van der Waals surface area contributed by atoms with Gasteiger partial charge in [-0.05, 0) is 52.9 Å². The average Bonchev–Trinajstić information content (AvgIpc) is 3.39. The summed E-state index contributed by atoms with van der Waals surface area (Å²) < 4.78 is 59.7. The minimum atomic E-state index is -3.53. The largest absolute Gasteiger partial charge is 0.415 e. The summed E-state index contributed by atoms with van der Waals surface area (Å²) in [7, 11) is -3.53. The van der Waals surface area contributed by atoms with E-state index in [1.807, 2.05) is 91.0 Å². The van der Waals surface area contributed by atoms with Crippen molar-refractivity contribution in [2.24, 2.45) is 0 Å². The highest BCUT2D eigenvalue weighted by molar-refractivity contribution is 7.90. The molecule has 0 spiro atoms. The average molecular weight is 620 g/mol. The van der Waals surface area contributed by atoms with Gasteiger partial charge in [0.2, 0.25) is 5.88 Å². The molecule has 0 amide bonds. The van der Waals surface area contributed by atoms with Crippen LogP contribution in [0.2, 0.25) is 0 Å². The zero-order chi connectivity index (χ0) is 31.8. The van der Waals surface area contributed by atoms with Crippen molar-refractivity contribution >= 4 is 20.7 Å². The van der Waals surface area contributed by atoms with Gasteiger partial charge in [0.1, 0.15) is 5.54 Å². The maximum atomic E-state index is 14.1. The monoisotopic (exact) mass is 619 g/mol. The van der Waals surface area contributed by atoms with Crippen LogP contribution in [0.5, 0.6) is 5.88 Å². The first-order valence-electron chi connectivity index (χ1n) is 14.0. The van der Waals surface area contributed by atoms with Gasteiger partial charge >= 0.3 is 6.61 Å². The molecule has 0 bridgehead atoms. The molecule has 0 saturated carbocycles. The maximum absolute atomic E-state index is 14.1. The van der Waals surface area contributed by atoms with Crippen LogP contribution in [0.15, 0.2) is 126 Å². The van der Waals surface area contributed by atoms with E-state index in [0.717, 1.165) is 22.9 Å². The second-order valence-electron chi connectivity index (χ2n) is 10.7. The van der Waals surface area contributed by atoms with Crippen LogP contribution in [0.1, 0.15) is 27.8 Å². The fraction of sp³-hybridized carbons (Fsp3) is 0.111. The molecule has 224 valence electrons. The minimum absolute atomic E-state index is 0.132. The van der Waals surface area contributed by atoms with E-state index in [2.05, 4.69) is 6.07 Å². The molecule has 5 aromatic carbocycles. The van der Waals surface area contributed by atoms with E-state index in [9.17, 15) is 22.5 Å². The van der Waals surface area contributed by atoms with Gasteiger partial charge in [-0.2, -0.15) is 14.0 Å². The number of fused-ring (bicyclic) bond motifs is 1. The molecule has 0 saturated heterocycles. The van der Waals surface area contributed by atoms with E-state index < -0.39 is 22.0 Å². The topological polar surface area (TPSA) is 85.0 Å². The molecule has 45 heavy (non-hydrogen) atoms. The predicted molar refractivity (Wildman–Crippen MR) is 169 cm³/mol. The Bertz CT molecular complexity index is 2060. The first-order valence-corrected chi connectivity index (χ1v) is 15.9. The standard InChI is InChI=1S/C36H27F2N3O3S/c1-24-22-25(19-21-31(24)45(2,42)43)32-26(23-39)18-20-30-33(32)34(44-35(37)38)40-41(30)36(27-12-6-3-7-13-27,28-14-8-4-9-15-28)29-16-10-5-11-17-29/h3-22,35H,1-2H3. The van der Waals surface area contributed by atoms with Gasteiger partial charge in [0, 0.05) is 11.8 Å². The molecule has 0 unspecified atom stereocenters. The smallest absolute Gasteiger partial charge is 0.388 e. The number of ether oxygens (including phenoxy) is 1. The van der Waals surface area contributed by atoms with Crippen molar-refractivity contribution in [3.05, 3.63) is 149 Å². The van der Waals surface area contributed by atoms with Crippen LogP contribution in [0.3, 0.4) is 0 Å². The third-order valence-electron chi connectivity index (χ3n) is 7.89. The number of nitriles is 1. The summed E-state index contributed by atoms with van der Waals surface area (Å²) in [5.41, 5.74) is 3.13. The number of aryl methyl sites for hydroxylation is 1. The van der Waals surface area contributed by atoms with Crippen LogP contribution in [0, 0.1) is 18.3 Å². The molecule has 6 aromatic rings. The van der Waals surface area contributed by atoms with Crippen LogP contribution in [-0.4, -0.2) is 31.1 Å². The molecule has 6 rings (SSSR count). The SMILES string of the molecule is Cc1cc(-c2c(C#N)ccc3c2c(OC(F)F)nn3C(c2ccccc2)(c2ccccc2)c2ccccc2)ccc1S(C)(=O)=O. The van der Waals surface area contributed by atoms with Gasteiger partial charge in [0.05, 0.1) is 27.4 Å². The van der Waals surface area contributed by atoms with Crippen LogP contribution in [0.25, 0.3) is 22.0 Å². The normalized spacial score (nSPS) is 11.9. The summed E-state index contributed by atoms with van der Waals surface area (Å²) in [6.45, 7) is -1.55. The number of nitrogens with zero attached hydrogens (tertiary/aromatic N) is 3. The summed E-state index contributed by atoms with van der Waals surface area (Å²) in [5.74, 6) is -0.357. The molecule has 6 nitrogen and oxygen atoms in total. The highest BCUT2D eigenvalue weighted by atomic mass is 32.2. The Hall–Kier alpha value is -5.33. The molecule has 0 aliphatic rings. The third kappa shape index (κ3) is 5.13. The van der Waals surface area contributed by atoms with Crippen molar-refractivity contribution < 1.29 is 21.9 Å². The molecule has 0 fully saturated rings. The number of hydrogen-bond donors (Lipinski definition) is 0. The van der Waals surface area contributed by atoms with Crippen LogP contribution in [0.4, 0.5) is 8.78 Å². The van der Waals surface area contributed by atoms with Crippen molar-refractivity contribution in [2.75, 3.05) is 6.26 Å². The third-order valence-corrected chi connectivity index (χ3v) is 9.15. The second-order valence-corrected chi connectivity index (χ2v) is 12.6. The highest BCUT2D eigenvalue weighted by Gasteiger charge is 2.42. The summed E-state index contributed by atoms with van der Waals surface area (Å²) in [5, 5.41) is 15.2. The Morgan fingerprint density at radius 1 is 0.822 bits per heavy atom. The Balaban J connectivity index is 1.80. The Morgan fingerprint density at radius 2 is 1.36 bits per heavy atom. The van der Waals surface area contributed by atoms with Crippen molar-refractivity contribution in [1.29, 1.82) is 5.26 Å². The van der Waals surface area contributed by atoms with Crippen LogP contribution in [-0.2, 0) is 15.4 Å². The van der Waals surface area contributed by atoms with E-state index in [0.29, 0.717) is 22.2 Å². The zero-order valence-corrected chi connectivity index (χ0v) is 25.2. The van der Waals surface area contributed by atoms with Crippen LogP contribution >= 0.6 is 0 Å². The van der Waals surface area contributed by atoms with Gasteiger partial charge in [0.25, 0.3) is 0 Å². The second kappa shape index (κ2) is 11.6. The molecule has 0 aliphatic carbocycles. The maximum Gasteiger partial charge on any atom is 0.388 e. The van der Waals surface area contributed by atoms with Crippen LogP contribution < -0.4 is 4.74 Å². The molecule has 0 aliphatic heterocycles. The Labute approximate surface area is 259 Å². The van der Waals surface area contributed by atoms with Crippen molar-refractivity contribution in [3.63, 3.8) is 0 Å². The molecular weight excluding hydrogens is 592 g/mol. The number of rotatable bonds is 8. The summed E-state index contributed by atoms with van der Waals surface area (Å²) in [6, 6.07) is 39.0. The molecule has 0 N–H and O–H groups in total. The van der Waals surface area contributed by atoms with Gasteiger partial charge in [0.15, 0.2) is 9.84 Å². The van der Waals surface area contributed by atoms with Gasteiger partial charge in [-0.15, -0.1) is 5.10 Å². The number of benzene rings is 5. The summed E-state index contributed by atoms with van der Waals surface area (Å²) >= 11 is 0. The molecule has 0 radical (unpaired) electrons. The number of hydrogen-bond acceptors (Lipinski definition) is 5. The predicted octanol–water partition coefficient (Wildman–Crippen LogP) is 7.73. The fourth-order valence-electron chi connectivity index (χ4n) is 6.12. The number of aromatic nitrogens is 2. The Kier molecular flexibility index (Phi) is 7.69.